The van der Waals surface area contributed by atoms with E-state index in [1.54, 1.807) is 50.6 Å². The third-order valence-corrected chi connectivity index (χ3v) is 3.86. The number of carbonyl (C=O) groups excluding carboxylic acids is 2. The Morgan fingerprint density at radius 2 is 1.41 bits per heavy atom. The van der Waals surface area contributed by atoms with E-state index >= 15 is 0 Å². The third-order valence-electron chi connectivity index (χ3n) is 3.86. The lowest BCUT2D eigenvalue weighted by Gasteiger charge is -2.11. The maximum Gasteiger partial charge on any atom is 0.228 e. The smallest absolute Gasteiger partial charge is 0.228 e. The Morgan fingerprint density at radius 1 is 0.852 bits per heavy atom. The molecule has 0 saturated carbocycles. The highest BCUT2D eigenvalue weighted by Crippen LogP contribution is 2.27. The zero-order chi connectivity index (χ0) is 19.8. The molecule has 0 spiro atoms. The van der Waals surface area contributed by atoms with Gasteiger partial charge in [0.15, 0.2) is 11.5 Å². The van der Waals surface area contributed by atoms with Crippen molar-refractivity contribution in [1.29, 1.82) is 0 Å². The van der Waals surface area contributed by atoms with Gasteiger partial charge in [-0.15, -0.1) is 0 Å². The SMILES string of the molecule is COc1ccc(CC(=O)Nc2ccc(NC(=O)CC(C)C)cc2)cc1OC. The molecule has 144 valence electrons. The molecule has 0 bridgehead atoms. The topological polar surface area (TPSA) is 76.7 Å². The first-order valence-electron chi connectivity index (χ1n) is 8.82. The van der Waals surface area contributed by atoms with Gasteiger partial charge in [-0.1, -0.05) is 19.9 Å². The Hall–Kier alpha value is -3.02. The second-order valence-corrected chi connectivity index (χ2v) is 6.64. The number of amides is 2. The molecule has 0 aliphatic heterocycles. The van der Waals surface area contributed by atoms with Crippen molar-refractivity contribution in [2.75, 3.05) is 24.9 Å². The van der Waals surface area contributed by atoms with Gasteiger partial charge in [-0.2, -0.15) is 0 Å². The molecule has 0 fully saturated rings. The molecule has 2 N–H and O–H groups in total. The molecule has 0 aromatic heterocycles. The van der Waals surface area contributed by atoms with Crippen molar-refractivity contribution in [3.05, 3.63) is 48.0 Å². The Balaban J connectivity index is 1.93. The molecule has 6 nitrogen and oxygen atoms in total. The van der Waals surface area contributed by atoms with E-state index in [1.807, 2.05) is 19.9 Å². The van der Waals surface area contributed by atoms with Crippen LogP contribution in [-0.2, 0) is 16.0 Å². The van der Waals surface area contributed by atoms with Gasteiger partial charge in [-0.3, -0.25) is 9.59 Å². The predicted octanol–water partition coefficient (Wildman–Crippen LogP) is 3.87. The standard InChI is InChI=1S/C21H26N2O4/c1-14(2)11-20(24)22-16-6-8-17(9-7-16)23-21(25)13-15-5-10-18(26-3)19(12-15)27-4/h5-10,12,14H,11,13H2,1-4H3,(H,22,24)(H,23,25). The van der Waals surface area contributed by atoms with Gasteiger partial charge in [0.25, 0.3) is 0 Å². The lowest BCUT2D eigenvalue weighted by Crippen LogP contribution is -2.15. The highest BCUT2D eigenvalue weighted by atomic mass is 16.5. The molecule has 0 radical (unpaired) electrons. The molecule has 2 amide bonds. The lowest BCUT2D eigenvalue weighted by atomic mass is 10.1. The highest BCUT2D eigenvalue weighted by Gasteiger charge is 2.09. The summed E-state index contributed by atoms with van der Waals surface area (Å²) in [4.78, 5) is 24.1. The number of rotatable bonds is 8. The van der Waals surface area contributed by atoms with Gasteiger partial charge in [-0.25, -0.2) is 0 Å². The summed E-state index contributed by atoms with van der Waals surface area (Å²) >= 11 is 0. The second-order valence-electron chi connectivity index (χ2n) is 6.64. The van der Waals surface area contributed by atoms with Gasteiger partial charge < -0.3 is 20.1 Å². The van der Waals surface area contributed by atoms with Gasteiger partial charge in [0.2, 0.25) is 11.8 Å². The Kier molecular flexibility index (Phi) is 7.23. The number of carbonyl (C=O) groups is 2. The largest absolute Gasteiger partial charge is 0.493 e. The van der Waals surface area contributed by atoms with Gasteiger partial charge >= 0.3 is 0 Å². The van der Waals surface area contributed by atoms with Crippen LogP contribution in [0.25, 0.3) is 0 Å². The molecule has 0 heterocycles. The number of hydrogen-bond donors (Lipinski definition) is 2. The van der Waals surface area contributed by atoms with Crippen molar-refractivity contribution < 1.29 is 19.1 Å². The zero-order valence-electron chi connectivity index (χ0n) is 16.2. The van der Waals surface area contributed by atoms with E-state index in [1.165, 1.54) is 0 Å². The number of ether oxygens (including phenoxy) is 2. The van der Waals surface area contributed by atoms with Gasteiger partial charge in [0.1, 0.15) is 0 Å². The first-order valence-corrected chi connectivity index (χ1v) is 8.82. The van der Waals surface area contributed by atoms with Crippen molar-refractivity contribution in [2.24, 2.45) is 5.92 Å². The van der Waals surface area contributed by atoms with Gasteiger partial charge in [0.05, 0.1) is 20.6 Å². The Morgan fingerprint density at radius 3 is 1.93 bits per heavy atom. The monoisotopic (exact) mass is 370 g/mol. The second kappa shape index (κ2) is 9.62. The molecule has 2 aromatic carbocycles. The number of hydrogen-bond acceptors (Lipinski definition) is 4. The van der Waals surface area contributed by atoms with Crippen LogP contribution in [0.15, 0.2) is 42.5 Å². The third kappa shape index (κ3) is 6.33. The molecule has 0 aliphatic carbocycles. The summed E-state index contributed by atoms with van der Waals surface area (Å²) in [6, 6.07) is 12.4. The Bertz CT molecular complexity index is 785. The average Bonchev–Trinajstić information content (AvgIpc) is 2.62. The van der Waals surface area contributed by atoms with Crippen LogP contribution in [0.3, 0.4) is 0 Å². The lowest BCUT2D eigenvalue weighted by molar-refractivity contribution is -0.117. The highest BCUT2D eigenvalue weighted by molar-refractivity contribution is 5.93. The summed E-state index contributed by atoms with van der Waals surface area (Å²) in [5, 5.41) is 5.69. The Labute approximate surface area is 159 Å². The fourth-order valence-corrected chi connectivity index (χ4v) is 2.60. The fourth-order valence-electron chi connectivity index (χ4n) is 2.60. The summed E-state index contributed by atoms with van der Waals surface area (Å²) in [5.74, 6) is 1.36. The molecule has 0 atom stereocenters. The number of benzene rings is 2. The van der Waals surface area contributed by atoms with Crippen LogP contribution >= 0.6 is 0 Å². The van der Waals surface area contributed by atoms with E-state index in [2.05, 4.69) is 10.6 Å². The van der Waals surface area contributed by atoms with Crippen LogP contribution < -0.4 is 20.1 Å². The minimum Gasteiger partial charge on any atom is -0.493 e. The predicted molar refractivity (Wildman–Crippen MR) is 106 cm³/mol. The van der Waals surface area contributed by atoms with Crippen molar-refractivity contribution >= 4 is 23.2 Å². The van der Waals surface area contributed by atoms with Crippen LogP contribution in [-0.4, -0.2) is 26.0 Å². The van der Waals surface area contributed by atoms with Crippen LogP contribution in [0.5, 0.6) is 11.5 Å². The van der Waals surface area contributed by atoms with Crippen molar-refractivity contribution in [3.8, 4) is 11.5 Å². The molecular formula is C21H26N2O4. The molecule has 0 unspecified atom stereocenters. The van der Waals surface area contributed by atoms with E-state index in [-0.39, 0.29) is 18.2 Å². The molecule has 27 heavy (non-hydrogen) atoms. The summed E-state index contributed by atoms with van der Waals surface area (Å²) < 4.78 is 10.5. The number of nitrogens with one attached hydrogen (secondary N) is 2. The fraction of sp³-hybridized carbons (Fsp3) is 0.333. The maximum atomic E-state index is 12.3. The number of methoxy groups -OCH3 is 2. The van der Waals surface area contributed by atoms with Crippen molar-refractivity contribution in [2.45, 2.75) is 26.7 Å². The summed E-state index contributed by atoms with van der Waals surface area (Å²) in [7, 11) is 3.13. The number of anilines is 2. The van der Waals surface area contributed by atoms with Crippen molar-refractivity contribution in [1.82, 2.24) is 0 Å². The molecule has 0 saturated heterocycles. The summed E-state index contributed by atoms with van der Waals surface area (Å²) in [6.45, 7) is 3.99. The minimum absolute atomic E-state index is 0.0183. The van der Waals surface area contributed by atoms with E-state index in [9.17, 15) is 9.59 Å². The van der Waals surface area contributed by atoms with Crippen LogP contribution in [0.2, 0.25) is 0 Å². The molecule has 2 rings (SSSR count). The summed E-state index contributed by atoms with van der Waals surface area (Å²) in [6.07, 6.45) is 0.692. The van der Waals surface area contributed by atoms with E-state index in [4.69, 9.17) is 9.47 Å². The van der Waals surface area contributed by atoms with E-state index < -0.39 is 0 Å². The summed E-state index contributed by atoms with van der Waals surface area (Å²) in [5.41, 5.74) is 2.20. The first-order chi connectivity index (χ1) is 12.9. The normalized spacial score (nSPS) is 10.4. The van der Waals surface area contributed by atoms with Gasteiger partial charge in [-0.05, 0) is 47.9 Å². The minimum atomic E-state index is -0.140. The zero-order valence-corrected chi connectivity index (χ0v) is 16.2. The molecule has 2 aromatic rings. The molecule has 6 heteroatoms. The van der Waals surface area contributed by atoms with Crippen LogP contribution in [0, 0.1) is 5.92 Å². The van der Waals surface area contributed by atoms with Crippen molar-refractivity contribution in [3.63, 3.8) is 0 Å². The van der Waals surface area contributed by atoms with E-state index in [0.717, 1.165) is 5.56 Å². The average molecular weight is 370 g/mol. The quantitative estimate of drug-likeness (QED) is 0.739. The maximum absolute atomic E-state index is 12.3. The van der Waals surface area contributed by atoms with E-state index in [0.29, 0.717) is 35.2 Å². The van der Waals surface area contributed by atoms with Gasteiger partial charge in [0, 0.05) is 17.8 Å². The molecule has 0 aliphatic rings. The van der Waals surface area contributed by atoms with Crippen LogP contribution in [0.4, 0.5) is 11.4 Å². The van der Waals surface area contributed by atoms with Crippen LogP contribution in [0.1, 0.15) is 25.8 Å². The molecular weight excluding hydrogens is 344 g/mol. The first kappa shape index (κ1) is 20.3.